The highest BCUT2D eigenvalue weighted by molar-refractivity contribution is 5.89. The molecule has 2 aromatic heterocycles. The summed E-state index contributed by atoms with van der Waals surface area (Å²) in [5.74, 6) is 5.79. The highest BCUT2D eigenvalue weighted by Crippen LogP contribution is 2.35. The Morgan fingerprint density at radius 3 is 2.97 bits per heavy atom. The van der Waals surface area contributed by atoms with Crippen molar-refractivity contribution in [2.75, 3.05) is 25.0 Å². The number of alkyl halides is 3. The Kier molecular flexibility index (Phi) is 6.22. The Morgan fingerprint density at radius 2 is 2.18 bits per heavy atom. The van der Waals surface area contributed by atoms with E-state index >= 15 is 0 Å². The zero-order chi connectivity index (χ0) is 23.4. The number of carbonyl (C=O) groups excluding carboxylic acids is 1. The third-order valence-corrected chi connectivity index (χ3v) is 5.16. The third kappa shape index (κ3) is 5.09. The van der Waals surface area contributed by atoms with Gasteiger partial charge in [0, 0.05) is 19.1 Å². The normalized spacial score (nSPS) is 15.7. The minimum absolute atomic E-state index is 0.0403. The van der Waals surface area contributed by atoms with Gasteiger partial charge in [-0.3, -0.25) is 4.79 Å². The lowest BCUT2D eigenvalue weighted by Gasteiger charge is -2.15. The topological polar surface area (TPSA) is 83.1 Å². The number of rotatable bonds is 5. The lowest BCUT2D eigenvalue weighted by molar-refractivity contribution is -0.138. The molecule has 3 heterocycles. The standard InChI is InChI=1S/C23H20F3N5O2/c1-2-20(32)31-10-9-16(13-31)30-22-17-12-15(29-21(17)27-14-28-22)6-5-11-33-19-8-4-3-7-18(19)23(24,25)26/h2-4,7-8,12,14,16H,1,9-11,13H2,(H2,27,28,29,30). The van der Waals surface area contributed by atoms with Gasteiger partial charge in [-0.15, -0.1) is 0 Å². The van der Waals surface area contributed by atoms with E-state index in [1.54, 1.807) is 11.0 Å². The van der Waals surface area contributed by atoms with E-state index in [0.29, 0.717) is 30.2 Å². The van der Waals surface area contributed by atoms with Crippen molar-refractivity contribution < 1.29 is 22.7 Å². The predicted octanol–water partition coefficient (Wildman–Crippen LogP) is 3.61. The van der Waals surface area contributed by atoms with Gasteiger partial charge in [-0.05, 0) is 36.6 Å². The van der Waals surface area contributed by atoms with Crippen LogP contribution in [0.4, 0.5) is 19.0 Å². The number of hydrogen-bond acceptors (Lipinski definition) is 5. The van der Waals surface area contributed by atoms with Gasteiger partial charge in [0.25, 0.3) is 0 Å². The number of para-hydroxylation sites is 1. The molecule has 2 N–H and O–H groups in total. The second kappa shape index (κ2) is 9.24. The first-order chi connectivity index (χ1) is 15.8. The summed E-state index contributed by atoms with van der Waals surface area (Å²) in [5, 5.41) is 4.06. The number of aromatic nitrogens is 3. The SMILES string of the molecule is C=CC(=O)N1CCC(Nc2ncnc3[nH]c(C#CCOc4ccccc4C(F)(F)F)cc23)C1. The molecular formula is C23H20F3N5O2. The number of hydrogen-bond donors (Lipinski definition) is 2. The van der Waals surface area contributed by atoms with E-state index in [9.17, 15) is 18.0 Å². The zero-order valence-corrected chi connectivity index (χ0v) is 17.4. The van der Waals surface area contributed by atoms with Gasteiger partial charge in [0.1, 0.15) is 30.1 Å². The molecule has 1 aromatic carbocycles. The summed E-state index contributed by atoms with van der Waals surface area (Å²) in [4.78, 5) is 25.0. The molecular weight excluding hydrogens is 435 g/mol. The molecule has 0 saturated carbocycles. The van der Waals surface area contributed by atoms with Crippen molar-refractivity contribution in [3.05, 3.63) is 60.6 Å². The van der Waals surface area contributed by atoms with E-state index in [1.807, 2.05) is 0 Å². The minimum Gasteiger partial charge on any atom is -0.480 e. The Labute approximate surface area is 187 Å². The number of H-pyrrole nitrogens is 1. The summed E-state index contributed by atoms with van der Waals surface area (Å²) in [7, 11) is 0. The number of aromatic amines is 1. The summed E-state index contributed by atoms with van der Waals surface area (Å²) >= 11 is 0. The van der Waals surface area contributed by atoms with E-state index in [-0.39, 0.29) is 24.3 Å². The van der Waals surface area contributed by atoms with Crippen LogP contribution in [0.15, 0.2) is 49.3 Å². The fourth-order valence-corrected chi connectivity index (χ4v) is 3.59. The van der Waals surface area contributed by atoms with Crippen LogP contribution in [0.3, 0.4) is 0 Å². The highest BCUT2D eigenvalue weighted by Gasteiger charge is 2.34. The summed E-state index contributed by atoms with van der Waals surface area (Å²) in [6.07, 6.45) is -1.01. The molecule has 1 saturated heterocycles. The average Bonchev–Trinajstić information content (AvgIpc) is 3.43. The maximum Gasteiger partial charge on any atom is 0.419 e. The minimum atomic E-state index is -4.50. The van der Waals surface area contributed by atoms with Crippen molar-refractivity contribution in [1.29, 1.82) is 0 Å². The van der Waals surface area contributed by atoms with Gasteiger partial charge in [-0.25, -0.2) is 9.97 Å². The van der Waals surface area contributed by atoms with E-state index in [4.69, 9.17) is 4.74 Å². The maximum absolute atomic E-state index is 13.0. The van der Waals surface area contributed by atoms with Crippen LogP contribution in [-0.4, -0.2) is 51.5 Å². The van der Waals surface area contributed by atoms with Crippen molar-refractivity contribution in [3.8, 4) is 17.6 Å². The Bertz CT molecular complexity index is 1240. The molecule has 1 aliphatic heterocycles. The number of likely N-dealkylation sites (tertiary alicyclic amines) is 1. The fraction of sp³-hybridized carbons (Fsp3) is 0.261. The van der Waals surface area contributed by atoms with Crippen LogP contribution in [0.2, 0.25) is 0 Å². The molecule has 10 heteroatoms. The number of halogens is 3. The van der Waals surface area contributed by atoms with E-state index in [0.717, 1.165) is 17.9 Å². The van der Waals surface area contributed by atoms with Crippen LogP contribution < -0.4 is 10.1 Å². The van der Waals surface area contributed by atoms with Crippen LogP contribution in [0.5, 0.6) is 5.75 Å². The molecule has 1 unspecified atom stereocenters. The number of benzene rings is 1. The zero-order valence-electron chi connectivity index (χ0n) is 17.4. The Balaban J connectivity index is 1.44. The summed E-state index contributed by atoms with van der Waals surface area (Å²) in [5.41, 5.74) is 0.247. The highest BCUT2D eigenvalue weighted by atomic mass is 19.4. The number of anilines is 1. The van der Waals surface area contributed by atoms with Crippen LogP contribution in [0.25, 0.3) is 11.0 Å². The molecule has 33 heavy (non-hydrogen) atoms. The lowest BCUT2D eigenvalue weighted by Crippen LogP contribution is -2.30. The Morgan fingerprint density at radius 1 is 1.36 bits per heavy atom. The molecule has 0 spiro atoms. The first-order valence-corrected chi connectivity index (χ1v) is 10.1. The summed E-state index contributed by atoms with van der Waals surface area (Å²) < 4.78 is 44.3. The van der Waals surface area contributed by atoms with Gasteiger partial charge >= 0.3 is 6.18 Å². The largest absolute Gasteiger partial charge is 0.480 e. The van der Waals surface area contributed by atoms with E-state index in [2.05, 4.69) is 38.7 Å². The molecule has 1 atom stereocenters. The monoisotopic (exact) mass is 455 g/mol. The van der Waals surface area contributed by atoms with Crippen molar-refractivity contribution >= 4 is 22.8 Å². The van der Waals surface area contributed by atoms with Gasteiger partial charge in [0.2, 0.25) is 5.91 Å². The number of ether oxygens (including phenoxy) is 1. The first kappa shape index (κ1) is 22.2. The van der Waals surface area contributed by atoms with Gasteiger partial charge in [-0.1, -0.05) is 24.6 Å². The van der Waals surface area contributed by atoms with Crippen molar-refractivity contribution in [3.63, 3.8) is 0 Å². The molecule has 1 fully saturated rings. The molecule has 4 rings (SSSR count). The van der Waals surface area contributed by atoms with Gasteiger partial charge in [0.15, 0.2) is 0 Å². The van der Waals surface area contributed by atoms with Crippen LogP contribution in [-0.2, 0) is 11.0 Å². The summed E-state index contributed by atoms with van der Waals surface area (Å²) in [6.45, 7) is 4.48. The van der Waals surface area contributed by atoms with Crippen molar-refractivity contribution in [2.45, 2.75) is 18.6 Å². The van der Waals surface area contributed by atoms with Crippen LogP contribution in [0.1, 0.15) is 17.7 Å². The molecule has 0 bridgehead atoms. The molecule has 3 aromatic rings. The second-order valence-corrected chi connectivity index (χ2v) is 7.37. The number of nitrogens with zero attached hydrogens (tertiary/aromatic N) is 3. The van der Waals surface area contributed by atoms with Gasteiger partial charge in [-0.2, -0.15) is 13.2 Å². The first-order valence-electron chi connectivity index (χ1n) is 10.1. The average molecular weight is 455 g/mol. The quantitative estimate of drug-likeness (QED) is 0.454. The molecule has 0 aliphatic carbocycles. The number of fused-ring (bicyclic) bond motifs is 1. The molecule has 0 radical (unpaired) electrons. The maximum atomic E-state index is 13.0. The van der Waals surface area contributed by atoms with E-state index in [1.165, 1.54) is 30.6 Å². The second-order valence-electron chi connectivity index (χ2n) is 7.37. The van der Waals surface area contributed by atoms with Gasteiger partial charge in [0.05, 0.1) is 16.6 Å². The lowest BCUT2D eigenvalue weighted by atomic mass is 10.2. The van der Waals surface area contributed by atoms with Crippen LogP contribution >= 0.6 is 0 Å². The Hall–Kier alpha value is -4.00. The predicted molar refractivity (Wildman–Crippen MR) is 117 cm³/mol. The third-order valence-electron chi connectivity index (χ3n) is 5.16. The number of nitrogens with one attached hydrogen (secondary N) is 2. The van der Waals surface area contributed by atoms with Gasteiger partial charge < -0.3 is 19.9 Å². The fourth-order valence-electron chi connectivity index (χ4n) is 3.59. The van der Waals surface area contributed by atoms with E-state index < -0.39 is 11.7 Å². The smallest absolute Gasteiger partial charge is 0.419 e. The molecule has 170 valence electrons. The molecule has 7 nitrogen and oxygen atoms in total. The summed E-state index contributed by atoms with van der Waals surface area (Å²) in [6, 6.07) is 6.80. The number of carbonyl (C=O) groups is 1. The molecule has 1 aliphatic rings. The van der Waals surface area contributed by atoms with Crippen molar-refractivity contribution in [2.24, 2.45) is 0 Å². The van der Waals surface area contributed by atoms with Crippen molar-refractivity contribution in [1.82, 2.24) is 19.9 Å². The van der Waals surface area contributed by atoms with Crippen LogP contribution in [0, 0.1) is 11.8 Å². The number of amides is 1. The molecule has 1 amide bonds.